The molecule has 96 valence electrons. The van der Waals surface area contributed by atoms with Crippen molar-refractivity contribution in [2.24, 2.45) is 5.92 Å². The van der Waals surface area contributed by atoms with Crippen LogP contribution in [0.15, 0.2) is 18.2 Å². The van der Waals surface area contributed by atoms with E-state index in [-0.39, 0.29) is 5.69 Å². The Labute approximate surface area is 103 Å². The van der Waals surface area contributed by atoms with Gasteiger partial charge in [-0.25, -0.2) is 0 Å². The molecule has 7 nitrogen and oxygen atoms in total. The number of hydrogen-bond acceptors (Lipinski definition) is 4. The summed E-state index contributed by atoms with van der Waals surface area (Å²) >= 11 is 0. The van der Waals surface area contributed by atoms with Gasteiger partial charge < -0.3 is 10.4 Å². The van der Waals surface area contributed by atoms with E-state index in [1.165, 1.54) is 32.0 Å². The van der Waals surface area contributed by atoms with Crippen molar-refractivity contribution in [3.63, 3.8) is 0 Å². The summed E-state index contributed by atoms with van der Waals surface area (Å²) in [5.41, 5.74) is 0.663. The molecule has 1 atom stereocenters. The lowest BCUT2D eigenvalue weighted by Gasteiger charge is -2.08. The maximum Gasteiger partial charge on any atom is 0.315 e. The smallest absolute Gasteiger partial charge is 0.315 e. The van der Waals surface area contributed by atoms with Crippen LogP contribution in [0.1, 0.15) is 12.5 Å². The number of carboxylic acids is 1. The van der Waals surface area contributed by atoms with Gasteiger partial charge in [-0.2, -0.15) is 0 Å². The van der Waals surface area contributed by atoms with Crippen LogP contribution < -0.4 is 5.32 Å². The number of nitro groups is 1. The van der Waals surface area contributed by atoms with Crippen LogP contribution in [0.5, 0.6) is 0 Å². The highest BCUT2D eigenvalue weighted by molar-refractivity contribution is 6.03. The molecule has 0 aliphatic heterocycles. The minimum atomic E-state index is -1.23. The first-order chi connectivity index (χ1) is 8.32. The Bertz CT molecular complexity index is 512. The first-order valence-electron chi connectivity index (χ1n) is 5.11. The van der Waals surface area contributed by atoms with Crippen molar-refractivity contribution in [1.29, 1.82) is 0 Å². The Hall–Kier alpha value is -2.44. The second-order valence-corrected chi connectivity index (χ2v) is 3.81. The first kappa shape index (κ1) is 13.6. The summed E-state index contributed by atoms with van der Waals surface area (Å²) in [6.07, 6.45) is 0. The lowest BCUT2D eigenvalue weighted by Crippen LogP contribution is -2.26. The van der Waals surface area contributed by atoms with E-state index < -0.39 is 22.7 Å². The van der Waals surface area contributed by atoms with Gasteiger partial charge in [-0.05, 0) is 26.0 Å². The van der Waals surface area contributed by atoms with E-state index in [1.807, 2.05) is 0 Å². The maximum atomic E-state index is 11.5. The second-order valence-electron chi connectivity index (χ2n) is 3.81. The number of aryl methyl sites for hydroxylation is 1. The predicted molar refractivity (Wildman–Crippen MR) is 63.3 cm³/mol. The molecule has 1 unspecified atom stereocenters. The molecule has 0 heterocycles. The van der Waals surface area contributed by atoms with Crippen LogP contribution in [-0.2, 0) is 9.59 Å². The molecule has 18 heavy (non-hydrogen) atoms. The molecule has 0 saturated carbocycles. The number of amides is 1. The normalized spacial score (nSPS) is 11.7. The number of carbonyl (C=O) groups excluding carboxylic acids is 1. The van der Waals surface area contributed by atoms with Crippen LogP contribution in [0.2, 0.25) is 0 Å². The van der Waals surface area contributed by atoms with Crippen LogP contribution in [-0.4, -0.2) is 21.9 Å². The Morgan fingerprint density at radius 3 is 2.50 bits per heavy atom. The summed E-state index contributed by atoms with van der Waals surface area (Å²) in [7, 11) is 0. The van der Waals surface area contributed by atoms with Crippen LogP contribution in [0.3, 0.4) is 0 Å². The number of hydrogen-bond donors (Lipinski definition) is 2. The number of carboxylic acid groups (broad SMARTS) is 1. The highest BCUT2D eigenvalue weighted by Crippen LogP contribution is 2.21. The Morgan fingerprint density at radius 2 is 2.06 bits per heavy atom. The lowest BCUT2D eigenvalue weighted by atomic mass is 10.1. The number of anilines is 1. The standard InChI is InChI=1S/C11H12N2O5/c1-6-5-8(3-4-9(6)13(17)18)12-10(14)7(2)11(15)16/h3-5,7H,1-2H3,(H,12,14)(H,15,16). The van der Waals surface area contributed by atoms with E-state index in [9.17, 15) is 19.7 Å². The summed E-state index contributed by atoms with van der Waals surface area (Å²) in [5, 5.41) is 21.6. The monoisotopic (exact) mass is 252 g/mol. The Balaban J connectivity index is 2.87. The molecular weight excluding hydrogens is 240 g/mol. The molecule has 0 fully saturated rings. The van der Waals surface area contributed by atoms with Gasteiger partial charge in [0, 0.05) is 17.3 Å². The molecule has 1 aromatic rings. The van der Waals surface area contributed by atoms with Gasteiger partial charge >= 0.3 is 5.97 Å². The van der Waals surface area contributed by atoms with E-state index in [1.54, 1.807) is 0 Å². The zero-order valence-electron chi connectivity index (χ0n) is 9.84. The van der Waals surface area contributed by atoms with Gasteiger partial charge in [0.2, 0.25) is 5.91 Å². The fraction of sp³-hybridized carbons (Fsp3) is 0.273. The van der Waals surface area contributed by atoms with Crippen LogP contribution in [0.25, 0.3) is 0 Å². The van der Waals surface area contributed by atoms with E-state index in [2.05, 4.69) is 5.32 Å². The summed E-state index contributed by atoms with van der Waals surface area (Å²) in [4.78, 5) is 32.1. The largest absolute Gasteiger partial charge is 0.481 e. The fourth-order valence-electron chi connectivity index (χ4n) is 1.30. The predicted octanol–water partition coefficient (Wildman–Crippen LogP) is 1.56. The number of nitrogens with one attached hydrogen (secondary N) is 1. The van der Waals surface area contributed by atoms with Crippen molar-refractivity contribution in [1.82, 2.24) is 0 Å². The zero-order valence-corrected chi connectivity index (χ0v) is 9.84. The highest BCUT2D eigenvalue weighted by Gasteiger charge is 2.21. The summed E-state index contributed by atoms with van der Waals surface area (Å²) in [5.74, 6) is -3.08. The molecule has 0 spiro atoms. The fourth-order valence-corrected chi connectivity index (χ4v) is 1.30. The van der Waals surface area contributed by atoms with Gasteiger partial charge in [-0.3, -0.25) is 19.7 Å². The Kier molecular flexibility index (Phi) is 3.98. The van der Waals surface area contributed by atoms with Gasteiger partial charge in [0.1, 0.15) is 5.92 Å². The molecule has 0 saturated heterocycles. The van der Waals surface area contributed by atoms with Crippen molar-refractivity contribution in [3.8, 4) is 0 Å². The number of aliphatic carboxylic acids is 1. The van der Waals surface area contributed by atoms with Crippen molar-refractivity contribution in [2.45, 2.75) is 13.8 Å². The molecule has 0 aliphatic rings. The molecular formula is C11H12N2O5. The van der Waals surface area contributed by atoms with Gasteiger partial charge in [-0.1, -0.05) is 0 Å². The van der Waals surface area contributed by atoms with E-state index in [4.69, 9.17) is 5.11 Å². The number of carbonyl (C=O) groups is 2. The third-order valence-corrected chi connectivity index (χ3v) is 2.42. The van der Waals surface area contributed by atoms with E-state index in [0.717, 1.165) is 0 Å². The van der Waals surface area contributed by atoms with Gasteiger partial charge in [-0.15, -0.1) is 0 Å². The van der Waals surface area contributed by atoms with Crippen LogP contribution >= 0.6 is 0 Å². The molecule has 1 aromatic carbocycles. The van der Waals surface area contributed by atoms with Gasteiger partial charge in [0.05, 0.1) is 4.92 Å². The molecule has 0 radical (unpaired) electrons. The van der Waals surface area contributed by atoms with Gasteiger partial charge in [0.15, 0.2) is 0 Å². The SMILES string of the molecule is Cc1cc(NC(=O)C(C)C(=O)O)ccc1[N+](=O)[O-]. The topological polar surface area (TPSA) is 110 Å². The number of rotatable bonds is 4. The molecule has 0 aromatic heterocycles. The number of nitro benzene ring substituents is 1. The maximum absolute atomic E-state index is 11.5. The first-order valence-corrected chi connectivity index (χ1v) is 5.11. The third kappa shape index (κ3) is 3.03. The van der Waals surface area contributed by atoms with Gasteiger partial charge in [0.25, 0.3) is 5.69 Å². The molecule has 0 bridgehead atoms. The minimum Gasteiger partial charge on any atom is -0.481 e. The highest BCUT2D eigenvalue weighted by atomic mass is 16.6. The van der Waals surface area contributed by atoms with Crippen molar-refractivity contribution >= 4 is 23.3 Å². The van der Waals surface area contributed by atoms with E-state index in [0.29, 0.717) is 11.3 Å². The molecule has 7 heteroatoms. The molecule has 2 N–H and O–H groups in total. The number of nitrogens with zero attached hydrogens (tertiary/aromatic N) is 1. The zero-order chi connectivity index (χ0) is 13.9. The van der Waals surface area contributed by atoms with Crippen LogP contribution in [0, 0.1) is 23.0 Å². The molecule has 1 rings (SSSR count). The molecule has 1 amide bonds. The van der Waals surface area contributed by atoms with Crippen molar-refractivity contribution in [2.75, 3.05) is 5.32 Å². The average molecular weight is 252 g/mol. The van der Waals surface area contributed by atoms with Crippen LogP contribution in [0.4, 0.5) is 11.4 Å². The van der Waals surface area contributed by atoms with E-state index >= 15 is 0 Å². The Morgan fingerprint density at radius 1 is 1.44 bits per heavy atom. The minimum absolute atomic E-state index is 0.0562. The summed E-state index contributed by atoms with van der Waals surface area (Å²) < 4.78 is 0. The van der Waals surface area contributed by atoms with Crippen molar-refractivity contribution < 1.29 is 19.6 Å². The van der Waals surface area contributed by atoms with Crippen molar-refractivity contribution in [3.05, 3.63) is 33.9 Å². The average Bonchev–Trinajstić information content (AvgIpc) is 2.27. The second kappa shape index (κ2) is 5.26. The number of benzene rings is 1. The quantitative estimate of drug-likeness (QED) is 0.480. The summed E-state index contributed by atoms with van der Waals surface area (Å²) in [6.45, 7) is 2.80. The third-order valence-electron chi connectivity index (χ3n) is 2.42. The summed E-state index contributed by atoms with van der Waals surface area (Å²) in [6, 6.07) is 4.04. The lowest BCUT2D eigenvalue weighted by molar-refractivity contribution is -0.385. The molecule has 0 aliphatic carbocycles.